The second-order valence-electron chi connectivity index (χ2n) is 4.97. The Labute approximate surface area is 142 Å². The molecule has 0 atom stereocenters. The first-order chi connectivity index (χ1) is 11.1. The van der Waals surface area contributed by atoms with Crippen LogP contribution in [0.15, 0.2) is 30.3 Å². The van der Waals surface area contributed by atoms with E-state index in [4.69, 9.17) is 27.9 Å². The molecule has 3 aromatic rings. The van der Waals surface area contributed by atoms with Crippen molar-refractivity contribution in [1.29, 1.82) is 0 Å². The number of phenols is 1. The number of aromatic nitrogens is 2. The van der Waals surface area contributed by atoms with E-state index in [9.17, 15) is 10.2 Å². The zero-order valence-electron chi connectivity index (χ0n) is 12.0. The molecule has 0 saturated heterocycles. The number of imidazole rings is 1. The molecule has 3 N–H and O–H groups in total. The van der Waals surface area contributed by atoms with Gasteiger partial charge in [0, 0.05) is 6.42 Å². The molecule has 0 bridgehead atoms. The van der Waals surface area contributed by atoms with Crippen molar-refractivity contribution >= 4 is 34.2 Å². The van der Waals surface area contributed by atoms with Gasteiger partial charge in [-0.15, -0.1) is 0 Å². The number of para-hydroxylation sites is 1. The van der Waals surface area contributed by atoms with Gasteiger partial charge in [-0.1, -0.05) is 41.4 Å². The second kappa shape index (κ2) is 6.66. The van der Waals surface area contributed by atoms with E-state index in [1.165, 1.54) is 0 Å². The van der Waals surface area contributed by atoms with Gasteiger partial charge in [-0.2, -0.15) is 0 Å². The first kappa shape index (κ1) is 15.9. The summed E-state index contributed by atoms with van der Waals surface area (Å²) in [4.78, 5) is 7.20. The fourth-order valence-electron chi connectivity index (χ4n) is 2.31. The van der Waals surface area contributed by atoms with Gasteiger partial charge in [0.1, 0.15) is 28.7 Å². The van der Waals surface area contributed by atoms with E-state index in [-0.39, 0.29) is 17.4 Å². The van der Waals surface area contributed by atoms with Crippen LogP contribution in [0.2, 0.25) is 10.0 Å². The Hall–Kier alpha value is -1.95. The first-order valence-electron chi connectivity index (χ1n) is 6.97. The average Bonchev–Trinajstić information content (AvgIpc) is 2.95. The lowest BCUT2D eigenvalue weighted by atomic mass is 10.1. The van der Waals surface area contributed by atoms with E-state index in [1.807, 2.05) is 12.1 Å². The predicted molar refractivity (Wildman–Crippen MR) is 89.3 cm³/mol. The summed E-state index contributed by atoms with van der Waals surface area (Å²) >= 11 is 12.3. The van der Waals surface area contributed by atoms with Crippen molar-refractivity contribution in [2.75, 3.05) is 6.61 Å². The average molecular weight is 353 g/mol. The van der Waals surface area contributed by atoms with Crippen molar-refractivity contribution in [3.8, 4) is 11.5 Å². The van der Waals surface area contributed by atoms with Crippen molar-refractivity contribution in [2.24, 2.45) is 0 Å². The lowest BCUT2D eigenvalue weighted by Crippen LogP contribution is -2.03. The molecule has 0 aliphatic rings. The number of phenolic OH excluding ortho intramolecular Hbond substituents is 1. The minimum absolute atomic E-state index is 0.221. The standard InChI is InChI=1S/C16H14Cl2N2O3/c17-10-7-11-15(20-13(8-21)19-11)16(14(10)18)23-6-5-9-3-1-2-4-12(9)22/h1-4,7,21-22H,5-6,8H2,(H,19,20). The summed E-state index contributed by atoms with van der Waals surface area (Å²) in [5, 5.41) is 19.6. The van der Waals surface area contributed by atoms with E-state index in [2.05, 4.69) is 9.97 Å². The van der Waals surface area contributed by atoms with Crippen LogP contribution in [0.4, 0.5) is 0 Å². The fourth-order valence-corrected chi connectivity index (χ4v) is 2.70. The van der Waals surface area contributed by atoms with Gasteiger partial charge in [0.25, 0.3) is 0 Å². The maximum atomic E-state index is 9.77. The second-order valence-corrected chi connectivity index (χ2v) is 5.75. The molecule has 23 heavy (non-hydrogen) atoms. The third kappa shape index (κ3) is 3.22. The summed E-state index contributed by atoms with van der Waals surface area (Å²) in [6.45, 7) is 0.0787. The monoisotopic (exact) mass is 352 g/mol. The highest BCUT2D eigenvalue weighted by Crippen LogP contribution is 2.38. The number of nitrogens with zero attached hydrogens (tertiary/aromatic N) is 1. The largest absolute Gasteiger partial charge is 0.508 e. The minimum atomic E-state index is -0.221. The highest BCUT2D eigenvalue weighted by atomic mass is 35.5. The summed E-state index contributed by atoms with van der Waals surface area (Å²) in [5.41, 5.74) is 1.93. The van der Waals surface area contributed by atoms with Gasteiger partial charge in [0.15, 0.2) is 5.75 Å². The van der Waals surface area contributed by atoms with Gasteiger partial charge in [0.05, 0.1) is 17.1 Å². The summed E-state index contributed by atoms with van der Waals surface area (Å²) < 4.78 is 5.76. The summed E-state index contributed by atoms with van der Waals surface area (Å²) in [5.74, 6) is 0.991. The number of hydrogen-bond acceptors (Lipinski definition) is 4. The van der Waals surface area contributed by atoms with Gasteiger partial charge in [-0.3, -0.25) is 0 Å². The van der Waals surface area contributed by atoms with Crippen LogP contribution in [-0.2, 0) is 13.0 Å². The molecule has 0 saturated carbocycles. The van der Waals surface area contributed by atoms with Crippen LogP contribution >= 0.6 is 23.2 Å². The van der Waals surface area contributed by atoms with Gasteiger partial charge in [-0.25, -0.2) is 4.98 Å². The van der Waals surface area contributed by atoms with E-state index in [0.29, 0.717) is 40.7 Å². The Kier molecular flexibility index (Phi) is 4.61. The summed E-state index contributed by atoms with van der Waals surface area (Å²) in [6.07, 6.45) is 0.508. The molecule has 3 rings (SSSR count). The Bertz CT molecular complexity index is 849. The van der Waals surface area contributed by atoms with Crippen LogP contribution in [0.1, 0.15) is 11.4 Å². The number of nitrogens with one attached hydrogen (secondary N) is 1. The number of rotatable bonds is 5. The zero-order chi connectivity index (χ0) is 16.4. The first-order valence-corrected chi connectivity index (χ1v) is 7.73. The number of ether oxygens (including phenoxy) is 1. The number of benzene rings is 2. The predicted octanol–water partition coefficient (Wildman–Crippen LogP) is 3.69. The van der Waals surface area contributed by atoms with Crippen molar-refractivity contribution in [3.05, 3.63) is 51.8 Å². The third-order valence-corrected chi connectivity index (χ3v) is 4.21. The number of H-pyrrole nitrogens is 1. The van der Waals surface area contributed by atoms with E-state index in [1.54, 1.807) is 18.2 Å². The quantitative estimate of drug-likeness (QED) is 0.654. The zero-order valence-corrected chi connectivity index (χ0v) is 13.5. The van der Waals surface area contributed by atoms with Gasteiger partial charge in [-0.05, 0) is 17.7 Å². The number of halogens is 2. The van der Waals surface area contributed by atoms with Crippen LogP contribution in [-0.4, -0.2) is 26.8 Å². The minimum Gasteiger partial charge on any atom is -0.508 e. The van der Waals surface area contributed by atoms with Crippen LogP contribution in [0, 0.1) is 0 Å². The molecule has 1 aromatic heterocycles. The number of fused-ring (bicyclic) bond motifs is 1. The highest BCUT2D eigenvalue weighted by Gasteiger charge is 2.16. The van der Waals surface area contributed by atoms with E-state index >= 15 is 0 Å². The summed E-state index contributed by atoms with van der Waals surface area (Å²) in [6, 6.07) is 8.70. The molecule has 1 heterocycles. The van der Waals surface area contributed by atoms with Crippen molar-refractivity contribution in [3.63, 3.8) is 0 Å². The number of aromatic amines is 1. The van der Waals surface area contributed by atoms with Crippen LogP contribution in [0.3, 0.4) is 0 Å². The molecule has 0 amide bonds. The molecular weight excluding hydrogens is 339 g/mol. The topological polar surface area (TPSA) is 78.4 Å². The molecule has 0 radical (unpaired) electrons. The van der Waals surface area contributed by atoms with Gasteiger partial charge in [0.2, 0.25) is 0 Å². The van der Waals surface area contributed by atoms with Crippen LogP contribution in [0.5, 0.6) is 11.5 Å². The Morgan fingerprint density at radius 3 is 2.74 bits per heavy atom. The molecule has 0 aliphatic carbocycles. The molecule has 0 fully saturated rings. The lowest BCUT2D eigenvalue weighted by Gasteiger charge is -2.10. The molecule has 0 unspecified atom stereocenters. The molecule has 0 spiro atoms. The van der Waals surface area contributed by atoms with E-state index < -0.39 is 0 Å². The third-order valence-electron chi connectivity index (χ3n) is 3.44. The number of aliphatic hydroxyl groups is 1. The van der Waals surface area contributed by atoms with Crippen molar-refractivity contribution in [2.45, 2.75) is 13.0 Å². The highest BCUT2D eigenvalue weighted by molar-refractivity contribution is 6.44. The van der Waals surface area contributed by atoms with E-state index in [0.717, 1.165) is 5.56 Å². The Morgan fingerprint density at radius 1 is 1.22 bits per heavy atom. The number of hydrogen-bond donors (Lipinski definition) is 3. The molecule has 120 valence electrons. The maximum Gasteiger partial charge on any atom is 0.167 e. The Morgan fingerprint density at radius 2 is 2.00 bits per heavy atom. The molecule has 7 heteroatoms. The Balaban J connectivity index is 1.85. The fraction of sp³-hybridized carbons (Fsp3) is 0.188. The normalized spacial score (nSPS) is 11.1. The van der Waals surface area contributed by atoms with Gasteiger partial charge < -0.3 is 19.9 Å². The lowest BCUT2D eigenvalue weighted by molar-refractivity contribution is 0.273. The summed E-state index contributed by atoms with van der Waals surface area (Å²) in [7, 11) is 0. The molecule has 5 nitrogen and oxygen atoms in total. The molecule has 0 aliphatic heterocycles. The van der Waals surface area contributed by atoms with Crippen LogP contribution in [0.25, 0.3) is 11.0 Å². The number of aromatic hydroxyl groups is 1. The smallest absolute Gasteiger partial charge is 0.167 e. The van der Waals surface area contributed by atoms with Crippen molar-refractivity contribution in [1.82, 2.24) is 9.97 Å². The SMILES string of the molecule is OCc1nc2c(OCCc3ccccc3O)c(Cl)c(Cl)cc2[nH]1. The van der Waals surface area contributed by atoms with Crippen molar-refractivity contribution < 1.29 is 14.9 Å². The maximum absolute atomic E-state index is 9.77. The number of aliphatic hydroxyl groups excluding tert-OH is 1. The molecular formula is C16H14Cl2N2O3. The van der Waals surface area contributed by atoms with Gasteiger partial charge >= 0.3 is 0 Å². The van der Waals surface area contributed by atoms with Crippen LogP contribution < -0.4 is 4.74 Å². The molecule has 2 aromatic carbocycles.